The number of benzene rings is 1. The summed E-state index contributed by atoms with van der Waals surface area (Å²) in [6.45, 7) is 3.67. The summed E-state index contributed by atoms with van der Waals surface area (Å²) in [6, 6.07) is 7.85. The molecular weight excluding hydrogens is 207 g/mol. The Hall–Kier alpha value is -1.68. The summed E-state index contributed by atoms with van der Waals surface area (Å²) >= 11 is 0. The third kappa shape index (κ3) is 2.12. The summed E-state index contributed by atoms with van der Waals surface area (Å²) in [4.78, 5) is 0. The smallest absolute Gasteiger partial charge is 0.156 e. The van der Waals surface area contributed by atoms with Crippen molar-refractivity contribution in [1.82, 2.24) is 5.16 Å². The lowest BCUT2D eigenvalue weighted by atomic mass is 10.0. The Balaban J connectivity index is 2.35. The Morgan fingerprint density at radius 3 is 2.38 bits per heavy atom. The number of rotatable bonds is 2. The third-order valence-corrected chi connectivity index (χ3v) is 2.29. The predicted molar refractivity (Wildman–Crippen MR) is 59.1 cm³/mol. The molecule has 2 aromatic rings. The van der Waals surface area contributed by atoms with E-state index in [2.05, 4.69) is 5.16 Å². The number of aromatic nitrogens is 1. The molecule has 1 aromatic carbocycles. The molecule has 0 spiro atoms. The van der Waals surface area contributed by atoms with Crippen molar-refractivity contribution in [2.75, 3.05) is 0 Å². The minimum Gasteiger partial charge on any atom is -0.359 e. The second-order valence-corrected chi connectivity index (χ2v) is 4.30. The molecule has 84 valence electrons. The summed E-state index contributed by atoms with van der Waals surface area (Å²) < 4.78 is 17.9. The molecule has 16 heavy (non-hydrogen) atoms. The topological polar surface area (TPSA) is 52.0 Å². The van der Waals surface area contributed by atoms with E-state index >= 15 is 0 Å². The van der Waals surface area contributed by atoms with Gasteiger partial charge in [-0.15, -0.1) is 0 Å². The SMILES string of the molecule is CC(C)(N)c1cc(-c2ccc(F)cc2)no1. The first kappa shape index (κ1) is 10.8. The van der Waals surface area contributed by atoms with E-state index in [4.69, 9.17) is 10.3 Å². The lowest BCUT2D eigenvalue weighted by Gasteiger charge is -2.12. The van der Waals surface area contributed by atoms with Crippen molar-refractivity contribution in [1.29, 1.82) is 0 Å². The summed E-state index contributed by atoms with van der Waals surface area (Å²) in [5, 5.41) is 3.91. The standard InChI is InChI=1S/C12H13FN2O/c1-12(2,14)11-7-10(15-16-11)8-3-5-9(13)6-4-8/h3-7H,14H2,1-2H3. The van der Waals surface area contributed by atoms with E-state index in [1.807, 2.05) is 13.8 Å². The van der Waals surface area contributed by atoms with Gasteiger partial charge in [0.25, 0.3) is 0 Å². The normalized spacial score (nSPS) is 11.8. The van der Waals surface area contributed by atoms with Gasteiger partial charge in [0, 0.05) is 11.6 Å². The Morgan fingerprint density at radius 2 is 1.88 bits per heavy atom. The van der Waals surface area contributed by atoms with Gasteiger partial charge in [-0.2, -0.15) is 0 Å². The highest BCUT2D eigenvalue weighted by molar-refractivity contribution is 5.58. The molecule has 0 radical (unpaired) electrons. The molecule has 0 atom stereocenters. The highest BCUT2D eigenvalue weighted by Gasteiger charge is 2.20. The van der Waals surface area contributed by atoms with Crippen LogP contribution in [0, 0.1) is 5.82 Å². The lowest BCUT2D eigenvalue weighted by Crippen LogP contribution is -2.27. The van der Waals surface area contributed by atoms with Crippen molar-refractivity contribution < 1.29 is 8.91 Å². The van der Waals surface area contributed by atoms with E-state index in [1.54, 1.807) is 18.2 Å². The van der Waals surface area contributed by atoms with Crippen LogP contribution in [-0.2, 0) is 5.54 Å². The van der Waals surface area contributed by atoms with E-state index in [9.17, 15) is 4.39 Å². The number of halogens is 1. The van der Waals surface area contributed by atoms with Gasteiger partial charge >= 0.3 is 0 Å². The Kier molecular flexibility index (Phi) is 2.52. The van der Waals surface area contributed by atoms with Crippen LogP contribution >= 0.6 is 0 Å². The molecule has 0 bridgehead atoms. The van der Waals surface area contributed by atoms with Crippen molar-refractivity contribution in [2.24, 2.45) is 5.73 Å². The second kappa shape index (κ2) is 3.72. The molecule has 3 nitrogen and oxygen atoms in total. The Morgan fingerprint density at radius 1 is 1.25 bits per heavy atom. The van der Waals surface area contributed by atoms with Crippen LogP contribution in [0.3, 0.4) is 0 Å². The van der Waals surface area contributed by atoms with Crippen molar-refractivity contribution in [3.63, 3.8) is 0 Å². The average Bonchev–Trinajstić information content (AvgIpc) is 2.67. The molecule has 1 aromatic heterocycles. The van der Waals surface area contributed by atoms with E-state index in [-0.39, 0.29) is 5.82 Å². The van der Waals surface area contributed by atoms with Gasteiger partial charge in [-0.25, -0.2) is 4.39 Å². The van der Waals surface area contributed by atoms with E-state index < -0.39 is 5.54 Å². The molecule has 0 saturated heterocycles. The highest BCUT2D eigenvalue weighted by atomic mass is 19.1. The van der Waals surface area contributed by atoms with Gasteiger partial charge in [0.2, 0.25) is 0 Å². The zero-order valence-electron chi connectivity index (χ0n) is 9.20. The molecule has 1 heterocycles. The minimum absolute atomic E-state index is 0.272. The molecule has 0 fully saturated rings. The van der Waals surface area contributed by atoms with Gasteiger partial charge in [0.15, 0.2) is 5.76 Å². The molecule has 0 aliphatic rings. The number of hydrogen-bond acceptors (Lipinski definition) is 3. The molecule has 0 aliphatic heterocycles. The van der Waals surface area contributed by atoms with Crippen molar-refractivity contribution >= 4 is 0 Å². The van der Waals surface area contributed by atoms with E-state index in [0.717, 1.165) is 5.56 Å². The van der Waals surface area contributed by atoms with Gasteiger partial charge in [0.1, 0.15) is 11.5 Å². The summed E-state index contributed by atoms with van der Waals surface area (Å²) in [6.07, 6.45) is 0. The molecule has 0 unspecified atom stereocenters. The van der Waals surface area contributed by atoms with Crippen molar-refractivity contribution in [3.05, 3.63) is 41.9 Å². The monoisotopic (exact) mass is 220 g/mol. The van der Waals surface area contributed by atoms with Crippen LogP contribution in [0.4, 0.5) is 4.39 Å². The van der Waals surface area contributed by atoms with Crippen LogP contribution in [0.2, 0.25) is 0 Å². The van der Waals surface area contributed by atoms with Crippen LogP contribution < -0.4 is 5.73 Å². The molecule has 0 amide bonds. The zero-order valence-corrected chi connectivity index (χ0v) is 9.20. The maximum absolute atomic E-state index is 12.7. The molecule has 4 heteroatoms. The molecule has 0 aliphatic carbocycles. The van der Waals surface area contributed by atoms with Crippen LogP contribution in [0.5, 0.6) is 0 Å². The van der Waals surface area contributed by atoms with Crippen LogP contribution in [-0.4, -0.2) is 5.16 Å². The fourth-order valence-corrected chi connectivity index (χ4v) is 1.34. The first-order valence-corrected chi connectivity index (χ1v) is 4.99. The van der Waals surface area contributed by atoms with Gasteiger partial charge < -0.3 is 10.3 Å². The fourth-order valence-electron chi connectivity index (χ4n) is 1.34. The van der Waals surface area contributed by atoms with Gasteiger partial charge in [-0.1, -0.05) is 5.16 Å². The zero-order chi connectivity index (χ0) is 11.8. The quantitative estimate of drug-likeness (QED) is 0.846. The molecule has 2 rings (SSSR count). The second-order valence-electron chi connectivity index (χ2n) is 4.30. The highest BCUT2D eigenvalue weighted by Crippen LogP contribution is 2.24. The Labute approximate surface area is 93.1 Å². The minimum atomic E-state index is -0.564. The Bertz CT molecular complexity index is 482. The average molecular weight is 220 g/mol. The predicted octanol–water partition coefficient (Wildman–Crippen LogP) is 2.67. The number of nitrogens with zero attached hydrogens (tertiary/aromatic N) is 1. The van der Waals surface area contributed by atoms with E-state index in [1.165, 1.54) is 12.1 Å². The molecule has 0 saturated carbocycles. The van der Waals surface area contributed by atoms with Crippen molar-refractivity contribution in [2.45, 2.75) is 19.4 Å². The van der Waals surface area contributed by atoms with Crippen molar-refractivity contribution in [3.8, 4) is 11.3 Å². The first-order chi connectivity index (χ1) is 7.47. The maximum atomic E-state index is 12.7. The van der Waals surface area contributed by atoms with E-state index in [0.29, 0.717) is 11.5 Å². The third-order valence-electron chi connectivity index (χ3n) is 2.29. The fraction of sp³-hybridized carbons (Fsp3) is 0.250. The van der Waals surface area contributed by atoms with Gasteiger partial charge in [0.05, 0.1) is 5.54 Å². The summed E-state index contributed by atoms with van der Waals surface area (Å²) in [5.74, 6) is 0.332. The maximum Gasteiger partial charge on any atom is 0.156 e. The van der Waals surface area contributed by atoms with Crippen LogP contribution in [0.15, 0.2) is 34.9 Å². The van der Waals surface area contributed by atoms with Crippen LogP contribution in [0.1, 0.15) is 19.6 Å². The first-order valence-electron chi connectivity index (χ1n) is 4.99. The van der Waals surface area contributed by atoms with Gasteiger partial charge in [-0.3, -0.25) is 0 Å². The van der Waals surface area contributed by atoms with Crippen LogP contribution in [0.25, 0.3) is 11.3 Å². The number of nitrogens with two attached hydrogens (primary N) is 1. The number of hydrogen-bond donors (Lipinski definition) is 1. The lowest BCUT2D eigenvalue weighted by molar-refractivity contribution is 0.322. The summed E-state index contributed by atoms with van der Waals surface area (Å²) in [5.41, 5.74) is 6.78. The molecular formula is C12H13FN2O. The van der Waals surface area contributed by atoms with Gasteiger partial charge in [-0.05, 0) is 38.1 Å². The summed E-state index contributed by atoms with van der Waals surface area (Å²) in [7, 11) is 0. The molecule has 2 N–H and O–H groups in total. The largest absolute Gasteiger partial charge is 0.359 e.